The summed E-state index contributed by atoms with van der Waals surface area (Å²) in [5.41, 5.74) is 3.27. The lowest BCUT2D eigenvalue weighted by Crippen LogP contribution is -2.50. The summed E-state index contributed by atoms with van der Waals surface area (Å²) < 4.78 is 12.8. The first-order valence-corrected chi connectivity index (χ1v) is 15.4. The van der Waals surface area contributed by atoms with E-state index in [0.717, 1.165) is 66.7 Å². The molecule has 2 N–H and O–H groups in total. The van der Waals surface area contributed by atoms with Crippen molar-refractivity contribution in [3.05, 3.63) is 64.1 Å². The minimum atomic E-state index is -0.362. The molecule has 3 aliphatic rings. The third-order valence-electron chi connectivity index (χ3n) is 8.29. The standard InChI is InChI=1S/C31H39BrN4O5/c32-26-7-4-8-28(25(26)19-33-27-9-10-29(37)34-30(27)38)35-17-13-24(14-18-35)40-20-23-11-15-36(16-12-23)31(39)41-21-22-5-2-1-3-6-22/h1-8,23-24,27,33H,9-21H2,(H,34,37,38). The van der Waals surface area contributed by atoms with E-state index in [9.17, 15) is 14.4 Å². The van der Waals surface area contributed by atoms with Gasteiger partial charge in [-0.25, -0.2) is 4.79 Å². The fourth-order valence-corrected chi connectivity index (χ4v) is 6.26. The molecule has 5 rings (SSSR count). The van der Waals surface area contributed by atoms with Crippen LogP contribution < -0.4 is 15.5 Å². The number of likely N-dealkylation sites (tertiary alicyclic amines) is 1. The zero-order valence-corrected chi connectivity index (χ0v) is 24.9. The normalized spacial score (nSPS) is 20.7. The van der Waals surface area contributed by atoms with Crippen molar-refractivity contribution in [2.75, 3.05) is 37.7 Å². The second-order valence-corrected chi connectivity index (χ2v) is 12.0. The Balaban J connectivity index is 1.03. The summed E-state index contributed by atoms with van der Waals surface area (Å²) in [5.74, 6) is 0.00661. The van der Waals surface area contributed by atoms with Crippen LogP contribution in [0.2, 0.25) is 0 Å². The van der Waals surface area contributed by atoms with Crippen LogP contribution in [0, 0.1) is 5.92 Å². The van der Waals surface area contributed by atoms with E-state index in [2.05, 4.69) is 37.5 Å². The minimum Gasteiger partial charge on any atom is -0.445 e. The molecule has 2 aromatic rings. The highest BCUT2D eigenvalue weighted by Gasteiger charge is 2.29. The lowest BCUT2D eigenvalue weighted by atomic mass is 9.97. The molecule has 3 fully saturated rings. The number of nitrogens with zero attached hydrogens (tertiary/aromatic N) is 2. The van der Waals surface area contributed by atoms with Crippen LogP contribution in [0.5, 0.6) is 0 Å². The molecular weight excluding hydrogens is 588 g/mol. The third kappa shape index (κ3) is 8.08. The molecule has 9 nitrogen and oxygen atoms in total. The number of hydrogen-bond acceptors (Lipinski definition) is 7. The van der Waals surface area contributed by atoms with Crippen LogP contribution >= 0.6 is 15.9 Å². The number of halogens is 1. The van der Waals surface area contributed by atoms with E-state index in [1.807, 2.05) is 47.4 Å². The molecule has 3 aliphatic heterocycles. The average molecular weight is 628 g/mol. The fraction of sp³-hybridized carbons (Fsp3) is 0.516. The molecule has 3 heterocycles. The van der Waals surface area contributed by atoms with Crippen LogP contribution in [0.3, 0.4) is 0 Å². The Morgan fingerprint density at radius 2 is 1.71 bits per heavy atom. The van der Waals surface area contributed by atoms with E-state index < -0.39 is 0 Å². The van der Waals surface area contributed by atoms with Gasteiger partial charge in [-0.2, -0.15) is 0 Å². The number of anilines is 1. The van der Waals surface area contributed by atoms with Gasteiger partial charge in [-0.1, -0.05) is 52.3 Å². The maximum absolute atomic E-state index is 12.5. The number of piperidine rings is 3. The topological polar surface area (TPSA) is 100 Å². The summed E-state index contributed by atoms with van der Waals surface area (Å²) in [4.78, 5) is 40.3. The monoisotopic (exact) mass is 626 g/mol. The summed E-state index contributed by atoms with van der Waals surface area (Å²) in [6.07, 6.45) is 4.65. The number of carbonyl (C=O) groups is 3. The molecule has 0 spiro atoms. The Bertz CT molecular complexity index is 1200. The number of benzene rings is 2. The second-order valence-electron chi connectivity index (χ2n) is 11.1. The van der Waals surface area contributed by atoms with E-state index in [0.29, 0.717) is 45.0 Å². The van der Waals surface area contributed by atoms with Crippen molar-refractivity contribution in [2.45, 2.75) is 63.8 Å². The van der Waals surface area contributed by atoms with E-state index in [-0.39, 0.29) is 30.1 Å². The van der Waals surface area contributed by atoms with Gasteiger partial charge < -0.3 is 24.6 Å². The highest BCUT2D eigenvalue weighted by molar-refractivity contribution is 9.10. The Morgan fingerprint density at radius 1 is 0.951 bits per heavy atom. The van der Waals surface area contributed by atoms with E-state index in [1.165, 1.54) is 0 Å². The molecule has 10 heteroatoms. The van der Waals surface area contributed by atoms with Crippen molar-refractivity contribution < 1.29 is 23.9 Å². The van der Waals surface area contributed by atoms with Crippen molar-refractivity contribution >= 4 is 39.5 Å². The molecule has 1 atom stereocenters. The van der Waals surface area contributed by atoms with Crippen molar-refractivity contribution in [1.29, 1.82) is 0 Å². The number of carbonyl (C=O) groups excluding carboxylic acids is 3. The minimum absolute atomic E-state index is 0.204. The molecule has 0 radical (unpaired) electrons. The molecule has 41 heavy (non-hydrogen) atoms. The van der Waals surface area contributed by atoms with Gasteiger partial charge in [0.1, 0.15) is 6.61 Å². The van der Waals surface area contributed by atoms with Gasteiger partial charge in [0, 0.05) is 61.5 Å². The fourth-order valence-electron chi connectivity index (χ4n) is 5.76. The molecule has 0 aromatic heterocycles. The molecular formula is C31H39BrN4O5. The molecule has 3 amide bonds. The highest BCUT2D eigenvalue weighted by Crippen LogP contribution is 2.31. The molecule has 1 unspecified atom stereocenters. The van der Waals surface area contributed by atoms with Gasteiger partial charge in [0.2, 0.25) is 11.8 Å². The summed E-state index contributed by atoms with van der Waals surface area (Å²) in [5, 5.41) is 5.76. The molecule has 0 saturated carbocycles. The maximum atomic E-state index is 12.5. The van der Waals surface area contributed by atoms with Crippen molar-refractivity contribution in [3.8, 4) is 0 Å². The van der Waals surface area contributed by atoms with E-state index >= 15 is 0 Å². The van der Waals surface area contributed by atoms with Crippen LogP contribution in [0.15, 0.2) is 53.0 Å². The van der Waals surface area contributed by atoms with Gasteiger partial charge in [0.25, 0.3) is 0 Å². The summed E-state index contributed by atoms with van der Waals surface area (Å²) in [7, 11) is 0. The number of hydrogen-bond donors (Lipinski definition) is 2. The van der Waals surface area contributed by atoms with Gasteiger partial charge in [0.05, 0.1) is 12.1 Å². The Hall–Kier alpha value is -2.95. The predicted molar refractivity (Wildman–Crippen MR) is 159 cm³/mol. The van der Waals surface area contributed by atoms with Crippen molar-refractivity contribution in [3.63, 3.8) is 0 Å². The SMILES string of the molecule is O=C1CCC(NCc2c(Br)cccc2N2CCC(OCC3CCN(C(=O)OCc4ccccc4)CC3)CC2)C(=O)N1. The number of amides is 3. The van der Waals surface area contributed by atoms with Gasteiger partial charge in [0.15, 0.2) is 0 Å². The lowest BCUT2D eigenvalue weighted by Gasteiger charge is -2.36. The molecule has 3 saturated heterocycles. The zero-order valence-electron chi connectivity index (χ0n) is 23.4. The lowest BCUT2D eigenvalue weighted by molar-refractivity contribution is -0.134. The largest absolute Gasteiger partial charge is 0.445 e. The van der Waals surface area contributed by atoms with Crippen molar-refractivity contribution in [2.24, 2.45) is 5.92 Å². The Kier molecular flexibility index (Phi) is 10.3. The van der Waals surface area contributed by atoms with Crippen LogP contribution in [-0.4, -0.2) is 67.7 Å². The number of imide groups is 1. The van der Waals surface area contributed by atoms with Crippen LogP contribution in [0.25, 0.3) is 0 Å². The first-order chi connectivity index (χ1) is 20.0. The van der Waals surface area contributed by atoms with Gasteiger partial charge in [-0.05, 0) is 55.7 Å². The molecule has 220 valence electrons. The highest BCUT2D eigenvalue weighted by atomic mass is 79.9. The third-order valence-corrected chi connectivity index (χ3v) is 9.03. The second kappa shape index (κ2) is 14.3. The number of nitrogens with one attached hydrogen (secondary N) is 2. The molecule has 2 aromatic carbocycles. The Morgan fingerprint density at radius 3 is 2.44 bits per heavy atom. The molecule has 0 bridgehead atoms. The molecule has 0 aliphatic carbocycles. The summed E-state index contributed by atoms with van der Waals surface area (Å²) in [6.45, 7) is 4.79. The smallest absolute Gasteiger partial charge is 0.410 e. The average Bonchev–Trinajstić information content (AvgIpc) is 3.00. The van der Waals surface area contributed by atoms with E-state index in [1.54, 1.807) is 0 Å². The Labute approximate surface area is 250 Å². The first-order valence-electron chi connectivity index (χ1n) is 14.6. The number of ether oxygens (including phenoxy) is 2. The summed E-state index contributed by atoms with van der Waals surface area (Å²) >= 11 is 3.70. The van der Waals surface area contributed by atoms with Crippen molar-refractivity contribution in [1.82, 2.24) is 15.5 Å². The number of rotatable bonds is 9. The summed E-state index contributed by atoms with van der Waals surface area (Å²) in [6, 6.07) is 15.6. The van der Waals surface area contributed by atoms with Gasteiger partial charge in [-0.15, -0.1) is 0 Å². The zero-order chi connectivity index (χ0) is 28.6. The maximum Gasteiger partial charge on any atom is 0.410 e. The van der Waals surface area contributed by atoms with Gasteiger partial charge in [-0.3, -0.25) is 14.9 Å². The van der Waals surface area contributed by atoms with E-state index in [4.69, 9.17) is 9.47 Å². The van der Waals surface area contributed by atoms with Crippen LogP contribution in [-0.2, 0) is 32.2 Å². The van der Waals surface area contributed by atoms with Crippen LogP contribution in [0.1, 0.15) is 49.7 Å². The quantitative estimate of drug-likeness (QED) is 0.399. The van der Waals surface area contributed by atoms with Crippen LogP contribution in [0.4, 0.5) is 10.5 Å². The van der Waals surface area contributed by atoms with Gasteiger partial charge >= 0.3 is 6.09 Å². The predicted octanol–water partition coefficient (Wildman–Crippen LogP) is 4.38. The first kappa shape index (κ1) is 29.5.